The van der Waals surface area contributed by atoms with Crippen LogP contribution in [-0.4, -0.2) is 68.0 Å². The van der Waals surface area contributed by atoms with Crippen molar-refractivity contribution in [1.82, 2.24) is 30.5 Å². The summed E-state index contributed by atoms with van der Waals surface area (Å²) in [7, 11) is 0. The van der Waals surface area contributed by atoms with Gasteiger partial charge in [-0.2, -0.15) is 0 Å². The molecule has 4 unspecified atom stereocenters. The number of rotatable bonds is 9. The second-order valence-electron chi connectivity index (χ2n) is 11.3. The smallest absolute Gasteiger partial charge is 0.254 e. The first kappa shape index (κ1) is 29.1. The molecule has 2 aromatic carbocycles. The van der Waals surface area contributed by atoms with Crippen LogP contribution in [0.4, 0.5) is 0 Å². The highest BCUT2D eigenvalue weighted by molar-refractivity contribution is 7.09. The number of carbonyl (C=O) groups excluding carboxylic acids is 2. The van der Waals surface area contributed by atoms with E-state index in [-0.39, 0.29) is 23.9 Å². The van der Waals surface area contributed by atoms with Gasteiger partial charge in [-0.1, -0.05) is 30.3 Å². The number of aliphatic hydroxyl groups excluding tert-OH is 1. The minimum absolute atomic E-state index is 0.0899. The molecule has 222 valence electrons. The zero-order valence-electron chi connectivity index (χ0n) is 24.1. The molecule has 2 saturated heterocycles. The molecule has 9 nitrogen and oxygen atoms in total. The molecule has 2 aromatic heterocycles. The lowest BCUT2D eigenvalue weighted by Crippen LogP contribution is -2.52. The van der Waals surface area contributed by atoms with Crippen molar-refractivity contribution in [3.63, 3.8) is 0 Å². The van der Waals surface area contributed by atoms with Crippen LogP contribution in [0.25, 0.3) is 11.3 Å². The van der Waals surface area contributed by atoms with Gasteiger partial charge in [0.25, 0.3) is 11.8 Å². The molecular weight excluding hydrogens is 560 g/mol. The lowest BCUT2D eigenvalue weighted by molar-refractivity contribution is 0.0733. The second-order valence-corrected chi connectivity index (χ2v) is 12.2. The molecule has 2 aliphatic rings. The van der Waals surface area contributed by atoms with Crippen molar-refractivity contribution < 1.29 is 14.7 Å². The number of hydrogen-bond acceptors (Lipinski definition) is 8. The largest absolute Gasteiger partial charge is 0.389 e. The van der Waals surface area contributed by atoms with E-state index in [4.69, 9.17) is 0 Å². The molecule has 43 heavy (non-hydrogen) atoms. The van der Waals surface area contributed by atoms with Crippen LogP contribution < -0.4 is 10.6 Å². The third kappa shape index (κ3) is 6.66. The number of amides is 2. The molecule has 10 heteroatoms. The Labute approximate surface area is 255 Å². The molecule has 6 rings (SSSR count). The monoisotopic (exact) mass is 596 g/mol. The summed E-state index contributed by atoms with van der Waals surface area (Å²) in [6.07, 6.45) is 8.07. The van der Waals surface area contributed by atoms with Crippen molar-refractivity contribution >= 4 is 23.2 Å². The van der Waals surface area contributed by atoms with Crippen molar-refractivity contribution in [3.05, 3.63) is 99.9 Å². The highest BCUT2D eigenvalue weighted by atomic mass is 32.1. The third-order valence-electron chi connectivity index (χ3n) is 8.27. The number of benzene rings is 2. The van der Waals surface area contributed by atoms with Gasteiger partial charge in [-0.15, -0.1) is 11.3 Å². The maximum atomic E-state index is 14.0. The number of aryl methyl sites for hydroxylation is 1. The van der Waals surface area contributed by atoms with E-state index in [1.807, 2.05) is 47.5 Å². The highest BCUT2D eigenvalue weighted by Crippen LogP contribution is 2.35. The summed E-state index contributed by atoms with van der Waals surface area (Å²) in [5.41, 5.74) is 3.90. The molecule has 0 saturated carbocycles. The van der Waals surface area contributed by atoms with Crippen molar-refractivity contribution in [2.24, 2.45) is 0 Å². The molecule has 4 aromatic rings. The number of likely N-dealkylation sites (tertiary alicyclic amines) is 1. The van der Waals surface area contributed by atoms with Gasteiger partial charge >= 0.3 is 0 Å². The summed E-state index contributed by atoms with van der Waals surface area (Å²) in [4.78, 5) is 43.1. The summed E-state index contributed by atoms with van der Waals surface area (Å²) in [5, 5.41) is 20.8. The lowest BCUT2D eigenvalue weighted by Gasteiger charge is -2.29. The Morgan fingerprint density at radius 2 is 1.95 bits per heavy atom. The van der Waals surface area contributed by atoms with Crippen molar-refractivity contribution in [2.45, 2.75) is 63.3 Å². The highest BCUT2D eigenvalue weighted by Gasteiger charge is 2.34. The van der Waals surface area contributed by atoms with E-state index in [1.54, 1.807) is 48.1 Å². The normalized spacial score (nSPS) is 19.7. The lowest BCUT2D eigenvalue weighted by atomic mass is 9.94. The van der Waals surface area contributed by atoms with E-state index in [9.17, 15) is 14.7 Å². The van der Waals surface area contributed by atoms with E-state index in [0.29, 0.717) is 35.3 Å². The molecule has 0 spiro atoms. The van der Waals surface area contributed by atoms with Crippen molar-refractivity contribution in [3.8, 4) is 11.3 Å². The van der Waals surface area contributed by atoms with Crippen LogP contribution in [-0.2, 0) is 6.42 Å². The van der Waals surface area contributed by atoms with Crippen molar-refractivity contribution in [2.75, 3.05) is 13.1 Å². The summed E-state index contributed by atoms with van der Waals surface area (Å²) >= 11 is 1.58. The van der Waals surface area contributed by atoms with E-state index >= 15 is 0 Å². The van der Waals surface area contributed by atoms with E-state index in [0.717, 1.165) is 48.5 Å². The van der Waals surface area contributed by atoms with Gasteiger partial charge in [-0.05, 0) is 69.3 Å². The van der Waals surface area contributed by atoms with Gasteiger partial charge in [0.2, 0.25) is 0 Å². The number of nitrogens with one attached hydrogen (secondary N) is 2. The Balaban J connectivity index is 1.32. The van der Waals surface area contributed by atoms with Crippen LogP contribution in [0.15, 0.2) is 72.5 Å². The zero-order valence-corrected chi connectivity index (χ0v) is 25.0. The molecule has 3 N–H and O–H groups in total. The average Bonchev–Trinajstić information content (AvgIpc) is 3.83. The van der Waals surface area contributed by atoms with Crippen LogP contribution in [0.3, 0.4) is 0 Å². The first-order valence-corrected chi connectivity index (χ1v) is 15.7. The second kappa shape index (κ2) is 13.1. The SMILES string of the molecule is Cc1csc(C2CCCN2C(=O)c2cc(C(=O)NC(Cc3ccccc3)C(O)C3CCCN3)cc(-c3cnccn3)c2)n1. The standard InChI is InChI=1S/C33H36N6O3S/c1-21-20-43-32(37-21)29-10-6-14-39(29)33(42)25-17-23(28-19-34-12-13-36-28)16-24(18-25)31(41)38-27(15-22-7-3-2-4-8-22)30(40)26-9-5-11-35-26/h2-4,7-8,12-13,16-20,26-27,29-30,35,40H,5-6,9-11,14-15H2,1H3,(H,38,41). The summed E-state index contributed by atoms with van der Waals surface area (Å²) < 4.78 is 0. The summed E-state index contributed by atoms with van der Waals surface area (Å²) in [6, 6.07) is 14.3. The van der Waals surface area contributed by atoms with Gasteiger partial charge in [-0.3, -0.25) is 19.6 Å². The molecule has 2 amide bonds. The molecule has 2 fully saturated rings. The molecule has 4 atom stereocenters. The van der Waals surface area contributed by atoms with Gasteiger partial charge < -0.3 is 20.6 Å². The topological polar surface area (TPSA) is 120 Å². The number of hydrogen-bond donors (Lipinski definition) is 3. The molecule has 2 aliphatic heterocycles. The van der Waals surface area contributed by atoms with Crippen LogP contribution in [0, 0.1) is 6.92 Å². The fourth-order valence-corrected chi connectivity index (χ4v) is 7.04. The Hall–Kier alpha value is -3.99. The van der Waals surface area contributed by atoms with Crippen LogP contribution in [0.2, 0.25) is 0 Å². The molecule has 0 radical (unpaired) electrons. The predicted molar refractivity (Wildman–Crippen MR) is 166 cm³/mol. The number of thiazole rings is 1. The van der Waals surface area contributed by atoms with Crippen LogP contribution in [0.1, 0.15) is 68.7 Å². The number of aromatic nitrogens is 3. The predicted octanol–water partition coefficient (Wildman–Crippen LogP) is 4.34. The Bertz CT molecular complexity index is 1560. The van der Waals surface area contributed by atoms with Crippen LogP contribution >= 0.6 is 11.3 Å². The Morgan fingerprint density at radius 3 is 2.67 bits per heavy atom. The van der Waals surface area contributed by atoms with E-state index in [2.05, 4.69) is 25.6 Å². The molecule has 0 bridgehead atoms. The maximum Gasteiger partial charge on any atom is 0.254 e. The molecular formula is C33H36N6O3S. The van der Waals surface area contributed by atoms with Gasteiger partial charge in [0.1, 0.15) is 5.01 Å². The van der Waals surface area contributed by atoms with Gasteiger partial charge in [0.05, 0.1) is 30.1 Å². The number of nitrogens with zero attached hydrogens (tertiary/aromatic N) is 4. The third-order valence-corrected chi connectivity index (χ3v) is 9.34. The summed E-state index contributed by atoms with van der Waals surface area (Å²) in [6.45, 7) is 3.43. The number of carbonyl (C=O) groups is 2. The minimum Gasteiger partial charge on any atom is -0.389 e. The Morgan fingerprint density at radius 1 is 1.12 bits per heavy atom. The van der Waals surface area contributed by atoms with Crippen LogP contribution in [0.5, 0.6) is 0 Å². The zero-order chi connectivity index (χ0) is 29.8. The van der Waals surface area contributed by atoms with Gasteiger partial charge in [0, 0.05) is 52.7 Å². The van der Waals surface area contributed by atoms with Crippen molar-refractivity contribution in [1.29, 1.82) is 0 Å². The Kier molecular flexibility index (Phi) is 8.87. The molecule has 0 aliphatic carbocycles. The fourth-order valence-electron chi connectivity index (χ4n) is 6.10. The maximum absolute atomic E-state index is 14.0. The fraction of sp³-hybridized carbons (Fsp3) is 0.364. The first-order chi connectivity index (χ1) is 21.0. The van der Waals surface area contributed by atoms with Gasteiger partial charge in [0.15, 0.2) is 0 Å². The average molecular weight is 597 g/mol. The quantitative estimate of drug-likeness (QED) is 0.263. The molecule has 4 heterocycles. The van der Waals surface area contributed by atoms with E-state index in [1.165, 1.54) is 0 Å². The van der Waals surface area contributed by atoms with Gasteiger partial charge in [-0.25, -0.2) is 4.98 Å². The number of aliphatic hydroxyl groups is 1. The minimum atomic E-state index is -0.775. The first-order valence-electron chi connectivity index (χ1n) is 14.9. The van der Waals surface area contributed by atoms with E-state index < -0.39 is 12.1 Å². The summed E-state index contributed by atoms with van der Waals surface area (Å²) in [5.74, 6) is -0.502.